The number of nitrogens with one attached hydrogen (secondary N) is 1. The van der Waals surface area contributed by atoms with Gasteiger partial charge in [-0.15, -0.1) is 0 Å². The molecule has 0 saturated heterocycles. The molecular formula is C52H50N2O2. The average molecular weight is 743 g/mol. The van der Waals surface area contributed by atoms with Gasteiger partial charge in [0, 0.05) is 38.6 Å². The van der Waals surface area contributed by atoms with E-state index >= 15 is 0 Å². The molecule has 1 atom stereocenters. The first-order valence-electron chi connectivity index (χ1n) is 24.2. The lowest BCUT2D eigenvalue weighted by Crippen LogP contribution is -2.31. The lowest BCUT2D eigenvalue weighted by atomic mass is 9.73. The van der Waals surface area contributed by atoms with Crippen molar-refractivity contribution in [1.29, 1.82) is 0 Å². The van der Waals surface area contributed by atoms with E-state index in [2.05, 4.69) is 48.3 Å². The van der Waals surface area contributed by atoms with E-state index < -0.39 is 37.3 Å². The standard InChI is InChI=1S/C52H50N2O2/c1-31-21-23-35(47-37(33-13-5-6-14-33)26-28-44-49(47)53-51-54(44)43-18-10-12-20-46(43)56-51)29-39(31)40-30-36(24-22-32(40)2)48-38(34-15-7-8-16-34)25-27-42-50(48)55-45-19-11-9-17-41(45)52(42,3)4/h9-12,17-30,33-34,51,53H,5-8,13-16H2,1-4H3/i1D3,2D3,33D,34D. The van der Waals surface area contributed by atoms with Crippen LogP contribution in [0.5, 0.6) is 17.2 Å². The number of benzene rings is 6. The molecule has 2 saturated carbocycles. The third kappa shape index (κ3) is 5.10. The summed E-state index contributed by atoms with van der Waals surface area (Å²) in [6.07, 6.45) is 5.89. The summed E-state index contributed by atoms with van der Waals surface area (Å²) < 4.78 is 86.2. The van der Waals surface area contributed by atoms with Crippen molar-refractivity contribution in [1.82, 2.24) is 0 Å². The van der Waals surface area contributed by atoms with Crippen molar-refractivity contribution in [2.24, 2.45) is 0 Å². The van der Waals surface area contributed by atoms with Crippen LogP contribution in [0.15, 0.2) is 109 Å². The molecule has 280 valence electrons. The Bertz CT molecular complexity index is 2890. The van der Waals surface area contributed by atoms with Crippen LogP contribution in [-0.4, -0.2) is 6.35 Å². The normalized spacial score (nSPS) is 22.8. The fourth-order valence-electron chi connectivity index (χ4n) is 10.1. The smallest absolute Gasteiger partial charge is 0.255 e. The predicted octanol–water partition coefficient (Wildman–Crippen LogP) is 14.3. The number of nitrogens with zero attached hydrogens (tertiary/aromatic N) is 1. The molecule has 2 aliphatic carbocycles. The third-order valence-electron chi connectivity index (χ3n) is 13.0. The Hall–Kier alpha value is -5.48. The number of rotatable bonds is 5. The maximum atomic E-state index is 9.87. The molecule has 4 nitrogen and oxygen atoms in total. The fourth-order valence-corrected chi connectivity index (χ4v) is 10.1. The SMILES string of the molecule is [2H]C([2H])([2H])c1ccc(-c2c(C3([2H])CCCC3)ccc3c2NC2Oc4ccccc4N32)cc1-c1cc(-c2c(C3([2H])CCCC3)ccc3c2Oc2ccccc2C3(C)C)ccc1C([2H])([2H])[2H]. The number of aryl methyl sites for hydroxylation is 2. The van der Waals surface area contributed by atoms with Crippen LogP contribution in [0, 0.1) is 13.7 Å². The van der Waals surface area contributed by atoms with E-state index in [0.717, 1.165) is 87.6 Å². The maximum Gasteiger partial charge on any atom is 0.255 e. The Kier molecular flexibility index (Phi) is 6.02. The Morgan fingerprint density at radius 1 is 0.643 bits per heavy atom. The molecule has 4 heteroatoms. The highest BCUT2D eigenvalue weighted by Crippen LogP contribution is 2.57. The molecule has 56 heavy (non-hydrogen) atoms. The highest BCUT2D eigenvalue weighted by molar-refractivity contribution is 5.98. The van der Waals surface area contributed by atoms with Crippen LogP contribution in [0.3, 0.4) is 0 Å². The van der Waals surface area contributed by atoms with Crippen LogP contribution in [-0.2, 0) is 5.41 Å². The van der Waals surface area contributed by atoms with Crippen molar-refractivity contribution in [2.45, 2.75) is 102 Å². The molecule has 11 rings (SSSR count). The molecule has 1 unspecified atom stereocenters. The van der Waals surface area contributed by atoms with Gasteiger partial charge in [0.25, 0.3) is 6.35 Å². The summed E-state index contributed by atoms with van der Waals surface area (Å²) in [5.41, 5.74) is 9.21. The molecule has 2 fully saturated rings. The van der Waals surface area contributed by atoms with Gasteiger partial charge in [-0.25, -0.2) is 0 Å². The van der Waals surface area contributed by atoms with E-state index in [0.29, 0.717) is 42.6 Å². The number of hydrogen-bond acceptors (Lipinski definition) is 4. The number of fused-ring (bicyclic) bond motifs is 7. The van der Waals surface area contributed by atoms with Gasteiger partial charge in [0.2, 0.25) is 0 Å². The van der Waals surface area contributed by atoms with E-state index in [4.69, 9.17) is 17.7 Å². The lowest BCUT2D eigenvalue weighted by Gasteiger charge is -2.36. The van der Waals surface area contributed by atoms with Crippen LogP contribution >= 0.6 is 0 Å². The second-order valence-electron chi connectivity index (χ2n) is 16.6. The fraction of sp³-hybridized carbons (Fsp3) is 0.308. The monoisotopic (exact) mass is 742 g/mol. The molecule has 0 spiro atoms. The Morgan fingerprint density at radius 3 is 1.95 bits per heavy atom. The van der Waals surface area contributed by atoms with Gasteiger partial charge in [-0.2, -0.15) is 0 Å². The summed E-state index contributed by atoms with van der Waals surface area (Å²) in [7, 11) is 0. The van der Waals surface area contributed by atoms with Crippen molar-refractivity contribution >= 4 is 17.1 Å². The first-order valence-corrected chi connectivity index (χ1v) is 20.2. The van der Waals surface area contributed by atoms with Gasteiger partial charge in [-0.1, -0.05) is 112 Å². The molecule has 0 radical (unpaired) electrons. The highest BCUT2D eigenvalue weighted by Gasteiger charge is 2.41. The quantitative estimate of drug-likeness (QED) is 0.191. The largest absolute Gasteiger partial charge is 0.456 e. The second kappa shape index (κ2) is 12.8. The summed E-state index contributed by atoms with van der Waals surface area (Å²) in [6, 6.07) is 34.6. The second-order valence-corrected chi connectivity index (χ2v) is 16.6. The van der Waals surface area contributed by atoms with E-state index in [9.17, 15) is 2.74 Å². The van der Waals surface area contributed by atoms with Crippen molar-refractivity contribution in [3.8, 4) is 50.6 Å². The average Bonchev–Trinajstić information content (AvgIpc) is 4.07. The minimum atomic E-state index is -2.61. The minimum absolute atomic E-state index is 0.0216. The Morgan fingerprint density at radius 2 is 1.25 bits per heavy atom. The highest BCUT2D eigenvalue weighted by atomic mass is 16.5. The Labute approximate surface area is 342 Å². The summed E-state index contributed by atoms with van der Waals surface area (Å²) in [5, 5.41) is 3.63. The summed E-state index contributed by atoms with van der Waals surface area (Å²) >= 11 is 0. The molecular weight excluding hydrogens is 685 g/mol. The van der Waals surface area contributed by atoms with Gasteiger partial charge in [-0.3, -0.25) is 4.90 Å². The van der Waals surface area contributed by atoms with Gasteiger partial charge < -0.3 is 14.8 Å². The van der Waals surface area contributed by atoms with E-state index in [1.54, 1.807) is 18.2 Å². The molecule has 0 bridgehead atoms. The van der Waals surface area contributed by atoms with Gasteiger partial charge in [-0.05, 0) is 132 Å². The number of hydrogen-bond donors (Lipinski definition) is 1. The summed E-state index contributed by atoms with van der Waals surface area (Å²) in [6.45, 7) is -0.878. The van der Waals surface area contributed by atoms with Crippen molar-refractivity contribution in [3.05, 3.63) is 143 Å². The zero-order chi connectivity index (χ0) is 44.6. The summed E-state index contributed by atoms with van der Waals surface area (Å²) in [4.78, 5) is 2.11. The van der Waals surface area contributed by atoms with Gasteiger partial charge >= 0.3 is 0 Å². The van der Waals surface area contributed by atoms with Crippen LogP contribution in [0.1, 0.15) is 121 Å². The molecule has 0 aromatic heterocycles. The molecule has 1 N–H and O–H groups in total. The van der Waals surface area contributed by atoms with E-state index in [1.807, 2.05) is 66.7 Å². The van der Waals surface area contributed by atoms with Gasteiger partial charge in [0.15, 0.2) is 0 Å². The third-order valence-corrected chi connectivity index (χ3v) is 13.0. The first-order chi connectivity index (χ1) is 30.5. The van der Waals surface area contributed by atoms with Gasteiger partial charge in [0.1, 0.15) is 17.2 Å². The van der Waals surface area contributed by atoms with Crippen LogP contribution in [0.25, 0.3) is 33.4 Å². The van der Waals surface area contributed by atoms with Crippen molar-refractivity contribution in [3.63, 3.8) is 0 Å². The Balaban J connectivity index is 1.16. The van der Waals surface area contributed by atoms with Crippen LogP contribution in [0.2, 0.25) is 0 Å². The zero-order valence-corrected chi connectivity index (χ0v) is 31.9. The summed E-state index contributed by atoms with van der Waals surface area (Å²) in [5.74, 6) is 0.338. The molecule has 6 aromatic carbocycles. The number of para-hydroxylation sites is 3. The number of ether oxygens (including phenoxy) is 2. The van der Waals surface area contributed by atoms with E-state index in [1.165, 1.54) is 0 Å². The molecule has 3 aliphatic heterocycles. The van der Waals surface area contributed by atoms with Gasteiger partial charge in [0.05, 0.1) is 17.1 Å². The maximum absolute atomic E-state index is 9.87. The molecule has 6 aromatic rings. The molecule has 0 amide bonds. The number of anilines is 3. The predicted molar refractivity (Wildman–Crippen MR) is 230 cm³/mol. The van der Waals surface area contributed by atoms with E-state index in [-0.39, 0.29) is 22.3 Å². The molecule has 5 aliphatic rings. The lowest BCUT2D eigenvalue weighted by molar-refractivity contribution is 0.271. The minimum Gasteiger partial charge on any atom is -0.456 e. The first kappa shape index (κ1) is 26.4. The van der Waals surface area contributed by atoms with Crippen LogP contribution < -0.4 is 19.7 Å². The van der Waals surface area contributed by atoms with Crippen LogP contribution in [0.4, 0.5) is 17.1 Å². The van der Waals surface area contributed by atoms with Crippen molar-refractivity contribution < 1.29 is 20.4 Å². The molecule has 3 heterocycles. The topological polar surface area (TPSA) is 33.7 Å². The van der Waals surface area contributed by atoms with Crippen molar-refractivity contribution in [2.75, 3.05) is 10.2 Å². The zero-order valence-electron chi connectivity index (χ0n) is 39.9.